The lowest BCUT2D eigenvalue weighted by Gasteiger charge is -2.22. The second-order valence-electron chi connectivity index (χ2n) is 5.82. The molecule has 3 nitrogen and oxygen atoms in total. The van der Waals surface area contributed by atoms with Crippen molar-refractivity contribution in [3.63, 3.8) is 0 Å². The van der Waals surface area contributed by atoms with E-state index in [2.05, 4.69) is 41.8 Å². The van der Waals surface area contributed by atoms with Crippen LogP contribution in [-0.4, -0.2) is 25.5 Å². The standard InChI is InChI=1S/C17H26N2O/c1-14-3-2-4-16(13-14)9-12-19-17(20)6-5-15-7-10-18-11-8-15/h2-4,13,15,18H,5-12H2,1H3,(H,19,20). The predicted octanol–water partition coefficient (Wildman–Crippen LogP) is 2.43. The smallest absolute Gasteiger partial charge is 0.220 e. The van der Waals surface area contributed by atoms with Crippen molar-refractivity contribution in [1.29, 1.82) is 0 Å². The fraction of sp³-hybridized carbons (Fsp3) is 0.588. The molecule has 1 amide bonds. The second-order valence-corrected chi connectivity index (χ2v) is 5.82. The van der Waals surface area contributed by atoms with Gasteiger partial charge in [-0.25, -0.2) is 0 Å². The summed E-state index contributed by atoms with van der Waals surface area (Å²) < 4.78 is 0. The molecular formula is C17H26N2O. The molecule has 0 unspecified atom stereocenters. The quantitative estimate of drug-likeness (QED) is 0.836. The van der Waals surface area contributed by atoms with E-state index in [1.807, 2.05) is 0 Å². The van der Waals surface area contributed by atoms with Crippen LogP contribution in [-0.2, 0) is 11.2 Å². The minimum atomic E-state index is 0.205. The summed E-state index contributed by atoms with van der Waals surface area (Å²) in [6.07, 6.45) is 5.07. The number of hydrogen-bond acceptors (Lipinski definition) is 2. The topological polar surface area (TPSA) is 41.1 Å². The van der Waals surface area contributed by atoms with Gasteiger partial charge < -0.3 is 10.6 Å². The van der Waals surface area contributed by atoms with Crippen LogP contribution in [0.4, 0.5) is 0 Å². The zero-order valence-electron chi connectivity index (χ0n) is 12.5. The summed E-state index contributed by atoms with van der Waals surface area (Å²) in [5.74, 6) is 0.940. The Morgan fingerprint density at radius 2 is 2.15 bits per heavy atom. The Kier molecular flexibility index (Phi) is 6.06. The summed E-state index contributed by atoms with van der Waals surface area (Å²) in [7, 11) is 0. The number of aryl methyl sites for hydroxylation is 1. The summed E-state index contributed by atoms with van der Waals surface area (Å²) in [4.78, 5) is 11.8. The molecule has 0 saturated carbocycles. The van der Waals surface area contributed by atoms with Gasteiger partial charge in [0, 0.05) is 13.0 Å². The minimum Gasteiger partial charge on any atom is -0.356 e. The molecule has 0 aliphatic carbocycles. The maximum Gasteiger partial charge on any atom is 0.220 e. The van der Waals surface area contributed by atoms with Crippen LogP contribution < -0.4 is 10.6 Å². The average molecular weight is 274 g/mol. The Labute approximate surface area is 122 Å². The molecule has 2 N–H and O–H groups in total. The highest BCUT2D eigenvalue weighted by Gasteiger charge is 2.14. The third-order valence-electron chi connectivity index (χ3n) is 4.06. The summed E-state index contributed by atoms with van der Waals surface area (Å²) in [5.41, 5.74) is 2.57. The normalized spacial score (nSPS) is 16.1. The highest BCUT2D eigenvalue weighted by atomic mass is 16.1. The molecule has 1 heterocycles. The van der Waals surface area contributed by atoms with Crippen LogP contribution in [0.2, 0.25) is 0 Å². The number of amides is 1. The molecule has 0 radical (unpaired) electrons. The lowest BCUT2D eigenvalue weighted by atomic mass is 9.93. The van der Waals surface area contributed by atoms with Gasteiger partial charge in [0.25, 0.3) is 0 Å². The van der Waals surface area contributed by atoms with Gasteiger partial charge >= 0.3 is 0 Å². The number of nitrogens with one attached hydrogen (secondary N) is 2. The zero-order chi connectivity index (χ0) is 14.2. The van der Waals surface area contributed by atoms with Crippen LogP contribution in [0.5, 0.6) is 0 Å². The zero-order valence-corrected chi connectivity index (χ0v) is 12.5. The third-order valence-corrected chi connectivity index (χ3v) is 4.06. The van der Waals surface area contributed by atoms with Crippen LogP contribution in [0, 0.1) is 12.8 Å². The Hall–Kier alpha value is -1.35. The molecular weight excluding hydrogens is 248 g/mol. The number of carbonyl (C=O) groups excluding carboxylic acids is 1. The highest BCUT2D eigenvalue weighted by molar-refractivity contribution is 5.75. The Morgan fingerprint density at radius 3 is 2.90 bits per heavy atom. The van der Waals surface area contributed by atoms with Gasteiger partial charge in [-0.2, -0.15) is 0 Å². The number of carbonyl (C=O) groups is 1. The number of piperidine rings is 1. The fourth-order valence-corrected chi connectivity index (χ4v) is 2.81. The van der Waals surface area contributed by atoms with Crippen LogP contribution in [0.15, 0.2) is 24.3 Å². The molecule has 1 fully saturated rings. The van der Waals surface area contributed by atoms with E-state index in [4.69, 9.17) is 0 Å². The molecule has 1 saturated heterocycles. The molecule has 1 aliphatic heterocycles. The summed E-state index contributed by atoms with van der Waals surface area (Å²) in [6, 6.07) is 8.47. The van der Waals surface area contributed by atoms with Crippen molar-refractivity contribution in [3.8, 4) is 0 Å². The lowest BCUT2D eigenvalue weighted by molar-refractivity contribution is -0.121. The molecule has 1 aliphatic rings. The van der Waals surface area contributed by atoms with Gasteiger partial charge in [-0.3, -0.25) is 4.79 Å². The van der Waals surface area contributed by atoms with Crippen molar-refractivity contribution in [1.82, 2.24) is 10.6 Å². The molecule has 1 aromatic carbocycles. The van der Waals surface area contributed by atoms with E-state index in [0.717, 1.165) is 38.4 Å². The van der Waals surface area contributed by atoms with Crippen LogP contribution >= 0.6 is 0 Å². The van der Waals surface area contributed by atoms with Crippen LogP contribution in [0.3, 0.4) is 0 Å². The second kappa shape index (κ2) is 8.05. The summed E-state index contributed by atoms with van der Waals surface area (Å²) >= 11 is 0. The Balaban J connectivity index is 1.60. The maximum absolute atomic E-state index is 11.8. The summed E-state index contributed by atoms with van der Waals surface area (Å²) in [5, 5.41) is 6.39. The van der Waals surface area contributed by atoms with Gasteiger partial charge in [-0.05, 0) is 57.2 Å². The van der Waals surface area contributed by atoms with E-state index in [1.54, 1.807) is 0 Å². The van der Waals surface area contributed by atoms with Gasteiger partial charge in [-0.15, -0.1) is 0 Å². The summed E-state index contributed by atoms with van der Waals surface area (Å²) in [6.45, 7) is 5.06. The first-order valence-electron chi connectivity index (χ1n) is 7.77. The minimum absolute atomic E-state index is 0.205. The first-order chi connectivity index (χ1) is 9.74. The molecule has 110 valence electrons. The van der Waals surface area contributed by atoms with E-state index >= 15 is 0 Å². The molecule has 0 atom stereocenters. The number of rotatable bonds is 6. The average Bonchev–Trinajstić information content (AvgIpc) is 2.46. The number of benzene rings is 1. The van der Waals surface area contributed by atoms with Crippen molar-refractivity contribution < 1.29 is 4.79 Å². The molecule has 0 aromatic heterocycles. The lowest BCUT2D eigenvalue weighted by Crippen LogP contribution is -2.30. The predicted molar refractivity (Wildman–Crippen MR) is 82.7 cm³/mol. The van der Waals surface area contributed by atoms with E-state index in [0.29, 0.717) is 6.42 Å². The first-order valence-corrected chi connectivity index (χ1v) is 7.77. The van der Waals surface area contributed by atoms with E-state index in [1.165, 1.54) is 24.0 Å². The molecule has 0 bridgehead atoms. The molecule has 3 heteroatoms. The largest absolute Gasteiger partial charge is 0.356 e. The van der Waals surface area contributed by atoms with Gasteiger partial charge in [0.15, 0.2) is 0 Å². The SMILES string of the molecule is Cc1cccc(CCNC(=O)CCC2CCNCC2)c1. The van der Waals surface area contributed by atoms with Crippen LogP contribution in [0.25, 0.3) is 0 Å². The van der Waals surface area contributed by atoms with Gasteiger partial charge in [0.2, 0.25) is 5.91 Å². The first kappa shape index (κ1) is 15.0. The Bertz CT molecular complexity index is 425. The molecule has 2 rings (SSSR count). The van der Waals surface area contributed by atoms with E-state index in [-0.39, 0.29) is 5.91 Å². The monoisotopic (exact) mass is 274 g/mol. The van der Waals surface area contributed by atoms with Crippen molar-refractivity contribution in [3.05, 3.63) is 35.4 Å². The number of hydrogen-bond donors (Lipinski definition) is 2. The van der Waals surface area contributed by atoms with Crippen molar-refractivity contribution in [2.24, 2.45) is 5.92 Å². The third kappa shape index (κ3) is 5.33. The van der Waals surface area contributed by atoms with E-state index in [9.17, 15) is 4.79 Å². The molecule has 1 aromatic rings. The highest BCUT2D eigenvalue weighted by Crippen LogP contribution is 2.17. The van der Waals surface area contributed by atoms with E-state index < -0.39 is 0 Å². The van der Waals surface area contributed by atoms with Crippen LogP contribution in [0.1, 0.15) is 36.8 Å². The molecule has 20 heavy (non-hydrogen) atoms. The van der Waals surface area contributed by atoms with Crippen molar-refractivity contribution in [2.75, 3.05) is 19.6 Å². The Morgan fingerprint density at radius 1 is 1.35 bits per heavy atom. The van der Waals surface area contributed by atoms with Gasteiger partial charge in [0.05, 0.1) is 0 Å². The van der Waals surface area contributed by atoms with Gasteiger partial charge in [-0.1, -0.05) is 29.8 Å². The fourth-order valence-electron chi connectivity index (χ4n) is 2.81. The maximum atomic E-state index is 11.8. The van der Waals surface area contributed by atoms with Crippen molar-refractivity contribution >= 4 is 5.91 Å². The van der Waals surface area contributed by atoms with Crippen molar-refractivity contribution in [2.45, 2.75) is 39.0 Å². The molecule has 0 spiro atoms. The van der Waals surface area contributed by atoms with Gasteiger partial charge in [0.1, 0.15) is 0 Å².